The predicted molar refractivity (Wildman–Crippen MR) is 80.1 cm³/mol. The van der Waals surface area contributed by atoms with Crippen molar-refractivity contribution in [3.8, 4) is 0 Å². The van der Waals surface area contributed by atoms with Gasteiger partial charge in [-0.3, -0.25) is 4.90 Å². The molecule has 0 bridgehead atoms. The average Bonchev–Trinajstić information content (AvgIpc) is 2.35. The number of rotatable bonds is 7. The molecule has 0 saturated carbocycles. The summed E-state index contributed by atoms with van der Waals surface area (Å²) in [6.07, 6.45) is 3.95. The summed E-state index contributed by atoms with van der Waals surface area (Å²) in [7, 11) is 4.37. The Morgan fingerprint density at radius 3 is 2.33 bits per heavy atom. The Kier molecular flexibility index (Phi) is 7.20. The van der Waals surface area contributed by atoms with Crippen LogP contribution in [0.1, 0.15) is 40.0 Å². The van der Waals surface area contributed by atoms with E-state index in [2.05, 4.69) is 50.0 Å². The van der Waals surface area contributed by atoms with Gasteiger partial charge >= 0.3 is 0 Å². The molecule has 0 spiro atoms. The molecule has 1 fully saturated rings. The second kappa shape index (κ2) is 8.13. The van der Waals surface area contributed by atoms with E-state index in [-0.39, 0.29) is 0 Å². The van der Waals surface area contributed by atoms with Gasteiger partial charge in [-0.1, -0.05) is 6.92 Å². The first-order chi connectivity index (χ1) is 8.52. The molecule has 1 saturated heterocycles. The Morgan fingerprint density at radius 2 is 1.83 bits per heavy atom. The second-order valence-electron chi connectivity index (χ2n) is 6.31. The monoisotopic (exact) mass is 255 g/mol. The number of nitrogens with zero attached hydrogens (tertiary/aromatic N) is 2. The molecule has 3 nitrogen and oxygen atoms in total. The molecule has 0 aromatic heterocycles. The van der Waals surface area contributed by atoms with Gasteiger partial charge in [-0.05, 0) is 66.2 Å². The molecule has 0 aromatic rings. The van der Waals surface area contributed by atoms with E-state index < -0.39 is 0 Å². The maximum Gasteiger partial charge on any atom is 0.0192 e. The van der Waals surface area contributed by atoms with Gasteiger partial charge in [0.2, 0.25) is 0 Å². The first kappa shape index (κ1) is 15.9. The molecular weight excluding hydrogens is 222 g/mol. The molecule has 2 unspecified atom stereocenters. The zero-order chi connectivity index (χ0) is 13.5. The van der Waals surface area contributed by atoms with Crippen LogP contribution in [0.15, 0.2) is 0 Å². The first-order valence-electron chi connectivity index (χ1n) is 7.65. The van der Waals surface area contributed by atoms with Gasteiger partial charge in [-0.15, -0.1) is 0 Å². The molecule has 1 heterocycles. The van der Waals surface area contributed by atoms with Gasteiger partial charge in [0.15, 0.2) is 0 Å². The summed E-state index contributed by atoms with van der Waals surface area (Å²) in [6.45, 7) is 11.8. The van der Waals surface area contributed by atoms with Crippen LogP contribution in [-0.4, -0.2) is 62.2 Å². The standard InChI is InChI=1S/C15H33N3/c1-6-13(2)16-11-14(3)18-9-7-15(8-10-18)12-17(4)5/h13-16H,6-12H2,1-5H3. The van der Waals surface area contributed by atoms with Crippen molar-refractivity contribution < 1.29 is 0 Å². The highest BCUT2D eigenvalue weighted by molar-refractivity contribution is 4.79. The van der Waals surface area contributed by atoms with Gasteiger partial charge in [0.25, 0.3) is 0 Å². The summed E-state index contributed by atoms with van der Waals surface area (Å²) >= 11 is 0. The van der Waals surface area contributed by atoms with Crippen molar-refractivity contribution in [2.75, 3.05) is 40.3 Å². The molecule has 1 N–H and O–H groups in total. The lowest BCUT2D eigenvalue weighted by Crippen LogP contribution is -2.47. The summed E-state index contributed by atoms with van der Waals surface area (Å²) in [4.78, 5) is 4.98. The molecule has 18 heavy (non-hydrogen) atoms. The highest BCUT2D eigenvalue weighted by Gasteiger charge is 2.22. The van der Waals surface area contributed by atoms with Crippen LogP contribution in [0.5, 0.6) is 0 Å². The first-order valence-corrected chi connectivity index (χ1v) is 7.65. The minimum absolute atomic E-state index is 0.652. The molecule has 0 radical (unpaired) electrons. The van der Waals surface area contributed by atoms with E-state index in [1.165, 1.54) is 38.9 Å². The normalized spacial score (nSPS) is 22.3. The van der Waals surface area contributed by atoms with Crippen LogP contribution in [0.25, 0.3) is 0 Å². The summed E-state index contributed by atoms with van der Waals surface area (Å²) in [6, 6.07) is 1.33. The lowest BCUT2D eigenvalue weighted by Gasteiger charge is -2.37. The molecule has 3 heteroatoms. The number of nitrogens with one attached hydrogen (secondary N) is 1. The van der Waals surface area contributed by atoms with E-state index in [0.717, 1.165) is 12.5 Å². The fourth-order valence-corrected chi connectivity index (χ4v) is 2.74. The van der Waals surface area contributed by atoms with E-state index in [9.17, 15) is 0 Å². The number of piperidine rings is 1. The van der Waals surface area contributed by atoms with Crippen molar-refractivity contribution in [3.05, 3.63) is 0 Å². The summed E-state index contributed by atoms with van der Waals surface area (Å²) in [5.74, 6) is 0.908. The average molecular weight is 255 g/mol. The van der Waals surface area contributed by atoms with Crippen molar-refractivity contribution in [1.82, 2.24) is 15.1 Å². The van der Waals surface area contributed by atoms with E-state index in [0.29, 0.717) is 12.1 Å². The summed E-state index contributed by atoms with van der Waals surface area (Å²) < 4.78 is 0. The van der Waals surface area contributed by atoms with E-state index in [1.54, 1.807) is 0 Å². The predicted octanol–water partition coefficient (Wildman–Crippen LogP) is 2.04. The van der Waals surface area contributed by atoms with Crippen LogP contribution in [-0.2, 0) is 0 Å². The largest absolute Gasteiger partial charge is 0.313 e. The van der Waals surface area contributed by atoms with Crippen LogP contribution < -0.4 is 5.32 Å². The third kappa shape index (κ3) is 5.68. The Labute approximate surface area is 114 Å². The molecule has 2 atom stereocenters. The molecule has 0 aromatic carbocycles. The number of hydrogen-bond donors (Lipinski definition) is 1. The maximum absolute atomic E-state index is 3.62. The van der Waals surface area contributed by atoms with Crippen LogP contribution in [0.4, 0.5) is 0 Å². The SMILES string of the molecule is CCC(C)NCC(C)N1CCC(CN(C)C)CC1. The number of likely N-dealkylation sites (tertiary alicyclic amines) is 1. The smallest absolute Gasteiger partial charge is 0.0192 e. The van der Waals surface area contributed by atoms with Crippen molar-refractivity contribution in [2.45, 2.75) is 52.1 Å². The molecule has 1 rings (SSSR count). The highest BCUT2D eigenvalue weighted by atomic mass is 15.2. The van der Waals surface area contributed by atoms with Crippen molar-refractivity contribution in [3.63, 3.8) is 0 Å². The fraction of sp³-hybridized carbons (Fsp3) is 1.00. The third-order valence-corrected chi connectivity index (χ3v) is 4.27. The van der Waals surface area contributed by atoms with Crippen LogP contribution in [0.2, 0.25) is 0 Å². The Bertz CT molecular complexity index is 210. The van der Waals surface area contributed by atoms with Gasteiger partial charge in [0.05, 0.1) is 0 Å². The molecule has 108 valence electrons. The molecule has 0 amide bonds. The zero-order valence-electron chi connectivity index (χ0n) is 13.1. The minimum Gasteiger partial charge on any atom is -0.313 e. The highest BCUT2D eigenvalue weighted by Crippen LogP contribution is 2.19. The van der Waals surface area contributed by atoms with Gasteiger partial charge < -0.3 is 10.2 Å². The number of hydrogen-bond acceptors (Lipinski definition) is 3. The van der Waals surface area contributed by atoms with Gasteiger partial charge in [-0.2, -0.15) is 0 Å². The quantitative estimate of drug-likeness (QED) is 0.751. The second-order valence-corrected chi connectivity index (χ2v) is 6.31. The summed E-state index contributed by atoms with van der Waals surface area (Å²) in [5.41, 5.74) is 0. The van der Waals surface area contributed by atoms with Crippen LogP contribution in [0.3, 0.4) is 0 Å². The summed E-state index contributed by atoms with van der Waals surface area (Å²) in [5, 5.41) is 3.62. The topological polar surface area (TPSA) is 18.5 Å². The zero-order valence-corrected chi connectivity index (χ0v) is 13.1. The molecule has 1 aliphatic rings. The molecule has 1 aliphatic heterocycles. The van der Waals surface area contributed by atoms with E-state index >= 15 is 0 Å². The third-order valence-electron chi connectivity index (χ3n) is 4.27. The van der Waals surface area contributed by atoms with Gasteiger partial charge in [0, 0.05) is 25.2 Å². The Hall–Kier alpha value is -0.120. The van der Waals surface area contributed by atoms with Crippen molar-refractivity contribution >= 4 is 0 Å². The Balaban J connectivity index is 2.21. The van der Waals surface area contributed by atoms with Crippen LogP contribution >= 0.6 is 0 Å². The van der Waals surface area contributed by atoms with Crippen LogP contribution in [0, 0.1) is 5.92 Å². The van der Waals surface area contributed by atoms with Crippen molar-refractivity contribution in [2.24, 2.45) is 5.92 Å². The van der Waals surface area contributed by atoms with E-state index in [1.807, 2.05) is 0 Å². The van der Waals surface area contributed by atoms with Gasteiger partial charge in [-0.25, -0.2) is 0 Å². The van der Waals surface area contributed by atoms with Gasteiger partial charge in [0.1, 0.15) is 0 Å². The minimum atomic E-state index is 0.652. The lowest BCUT2D eigenvalue weighted by atomic mass is 9.95. The molecule has 0 aliphatic carbocycles. The Morgan fingerprint density at radius 1 is 1.22 bits per heavy atom. The van der Waals surface area contributed by atoms with E-state index in [4.69, 9.17) is 0 Å². The fourth-order valence-electron chi connectivity index (χ4n) is 2.74. The molecular formula is C15H33N3. The lowest BCUT2D eigenvalue weighted by molar-refractivity contribution is 0.124. The maximum atomic E-state index is 3.62. The van der Waals surface area contributed by atoms with Crippen molar-refractivity contribution in [1.29, 1.82) is 0 Å².